The van der Waals surface area contributed by atoms with Crippen LogP contribution in [0, 0.1) is 0 Å². The second kappa shape index (κ2) is 9.44. The molecule has 4 rings (SSSR count). The summed E-state index contributed by atoms with van der Waals surface area (Å²) >= 11 is 4.62. The van der Waals surface area contributed by atoms with E-state index in [0.29, 0.717) is 23.3 Å². The lowest BCUT2D eigenvalue weighted by atomic mass is 10.2. The molecule has 1 saturated carbocycles. The molecule has 0 radical (unpaired) electrons. The molecule has 3 amide bonds. The van der Waals surface area contributed by atoms with E-state index in [1.807, 2.05) is 30.3 Å². The zero-order valence-corrected chi connectivity index (χ0v) is 18.4. The Balaban J connectivity index is 1.35. The van der Waals surface area contributed by atoms with E-state index >= 15 is 0 Å². The predicted octanol–water partition coefficient (Wildman–Crippen LogP) is 4.41. The summed E-state index contributed by atoms with van der Waals surface area (Å²) < 4.78 is 2.98. The van der Waals surface area contributed by atoms with Gasteiger partial charge in [0.1, 0.15) is 5.82 Å². The first kappa shape index (κ1) is 20.6. The summed E-state index contributed by atoms with van der Waals surface area (Å²) in [5, 5.41) is 14.3. The number of imide groups is 1. The molecule has 1 heterocycles. The molecule has 2 aromatic carbocycles. The molecule has 1 aromatic heterocycles. The fraction of sp³-hybridized carbons (Fsp3) is 0.238. The molecule has 0 unspecified atom stereocenters. The average Bonchev–Trinajstić information content (AvgIpc) is 3.51. The fourth-order valence-corrected chi connectivity index (χ4v) is 3.96. The van der Waals surface area contributed by atoms with Gasteiger partial charge >= 0.3 is 6.03 Å². The molecule has 0 atom stereocenters. The van der Waals surface area contributed by atoms with E-state index < -0.39 is 11.9 Å². The van der Waals surface area contributed by atoms with Gasteiger partial charge in [0, 0.05) is 16.1 Å². The van der Waals surface area contributed by atoms with Gasteiger partial charge in [-0.05, 0) is 42.7 Å². The number of anilines is 1. The number of nitrogens with one attached hydrogen (secondary N) is 2. The van der Waals surface area contributed by atoms with Crippen LogP contribution in [0.3, 0.4) is 0 Å². The van der Waals surface area contributed by atoms with Crippen LogP contribution in [0.25, 0.3) is 0 Å². The number of hydrogen-bond acceptors (Lipinski definition) is 5. The summed E-state index contributed by atoms with van der Waals surface area (Å²) in [6, 6.07) is 16.6. The number of rotatable bonds is 7. The van der Waals surface area contributed by atoms with Crippen LogP contribution in [0.4, 0.5) is 10.5 Å². The molecule has 7 nitrogen and oxygen atoms in total. The standard InChI is InChI=1S/C21H20BrN5O2S/c22-16-8-10-17(11-9-16)23-20(29)24-18(28)13-30-21-26-25-19(15-6-7-15)27(21)12-14-4-2-1-3-5-14/h1-5,8-11,15H,6-7,12-13H2,(H2,23,24,28,29). The molecule has 0 spiro atoms. The monoisotopic (exact) mass is 485 g/mol. The maximum Gasteiger partial charge on any atom is 0.325 e. The largest absolute Gasteiger partial charge is 0.325 e. The van der Waals surface area contributed by atoms with Crippen LogP contribution in [-0.4, -0.2) is 32.5 Å². The van der Waals surface area contributed by atoms with E-state index in [4.69, 9.17) is 0 Å². The van der Waals surface area contributed by atoms with Crippen LogP contribution in [0.5, 0.6) is 0 Å². The smallest absolute Gasteiger partial charge is 0.308 e. The van der Waals surface area contributed by atoms with Crippen molar-refractivity contribution in [2.75, 3.05) is 11.1 Å². The third-order valence-corrected chi connectivity index (χ3v) is 6.05. The van der Waals surface area contributed by atoms with E-state index in [1.165, 1.54) is 11.8 Å². The van der Waals surface area contributed by atoms with Gasteiger partial charge in [0.2, 0.25) is 5.91 Å². The van der Waals surface area contributed by atoms with Crippen molar-refractivity contribution >= 4 is 45.3 Å². The van der Waals surface area contributed by atoms with Crippen LogP contribution in [0.15, 0.2) is 64.2 Å². The van der Waals surface area contributed by atoms with Crippen molar-refractivity contribution in [2.24, 2.45) is 0 Å². The van der Waals surface area contributed by atoms with Gasteiger partial charge in [-0.25, -0.2) is 4.79 Å². The SMILES string of the molecule is O=C(CSc1nnc(C2CC2)n1Cc1ccccc1)NC(=O)Nc1ccc(Br)cc1. The summed E-state index contributed by atoms with van der Waals surface area (Å²) in [5.41, 5.74) is 1.76. The summed E-state index contributed by atoms with van der Waals surface area (Å²) in [7, 11) is 0. The Bertz CT molecular complexity index is 1040. The first-order valence-electron chi connectivity index (χ1n) is 9.55. The van der Waals surface area contributed by atoms with Crippen molar-refractivity contribution in [3.63, 3.8) is 0 Å². The van der Waals surface area contributed by atoms with Crippen LogP contribution >= 0.6 is 27.7 Å². The van der Waals surface area contributed by atoms with Gasteiger partial charge in [-0.2, -0.15) is 0 Å². The topological polar surface area (TPSA) is 88.9 Å². The van der Waals surface area contributed by atoms with Crippen LogP contribution in [-0.2, 0) is 11.3 Å². The van der Waals surface area contributed by atoms with Gasteiger partial charge in [0.25, 0.3) is 0 Å². The molecular weight excluding hydrogens is 466 g/mol. The lowest BCUT2D eigenvalue weighted by Gasteiger charge is -2.10. The number of carbonyl (C=O) groups excluding carboxylic acids is 2. The third-order valence-electron chi connectivity index (χ3n) is 4.56. The summed E-state index contributed by atoms with van der Waals surface area (Å²) in [4.78, 5) is 24.3. The number of aromatic nitrogens is 3. The number of hydrogen-bond donors (Lipinski definition) is 2. The van der Waals surface area contributed by atoms with Crippen molar-refractivity contribution < 1.29 is 9.59 Å². The number of urea groups is 1. The molecule has 9 heteroatoms. The van der Waals surface area contributed by atoms with Crippen molar-refractivity contribution in [3.8, 4) is 0 Å². The molecule has 1 aliphatic rings. The van der Waals surface area contributed by atoms with Gasteiger partial charge < -0.3 is 9.88 Å². The minimum absolute atomic E-state index is 0.0747. The lowest BCUT2D eigenvalue weighted by molar-refractivity contribution is -0.117. The highest BCUT2D eigenvalue weighted by molar-refractivity contribution is 9.10. The zero-order valence-electron chi connectivity index (χ0n) is 16.0. The lowest BCUT2D eigenvalue weighted by Crippen LogP contribution is -2.35. The number of carbonyl (C=O) groups is 2. The van der Waals surface area contributed by atoms with Gasteiger partial charge in [-0.1, -0.05) is 58.0 Å². The van der Waals surface area contributed by atoms with Crippen molar-refractivity contribution in [3.05, 3.63) is 70.5 Å². The summed E-state index contributed by atoms with van der Waals surface area (Å²) in [5.74, 6) is 1.10. The molecule has 0 saturated heterocycles. The van der Waals surface area contributed by atoms with Gasteiger partial charge in [0.05, 0.1) is 12.3 Å². The number of amides is 3. The minimum Gasteiger partial charge on any atom is -0.308 e. The quantitative estimate of drug-likeness (QED) is 0.483. The zero-order chi connectivity index (χ0) is 20.9. The van der Waals surface area contributed by atoms with E-state index in [0.717, 1.165) is 28.7 Å². The summed E-state index contributed by atoms with van der Waals surface area (Å²) in [6.45, 7) is 0.660. The molecule has 154 valence electrons. The highest BCUT2D eigenvalue weighted by Crippen LogP contribution is 2.40. The molecule has 30 heavy (non-hydrogen) atoms. The Hall–Kier alpha value is -2.65. The van der Waals surface area contributed by atoms with Gasteiger partial charge in [0.15, 0.2) is 5.16 Å². The molecule has 3 aromatic rings. The molecule has 1 fully saturated rings. The van der Waals surface area contributed by atoms with Gasteiger partial charge in [-0.3, -0.25) is 10.1 Å². The highest BCUT2D eigenvalue weighted by Gasteiger charge is 2.30. The normalized spacial score (nSPS) is 13.1. The highest BCUT2D eigenvalue weighted by atomic mass is 79.9. The third kappa shape index (κ3) is 5.48. The van der Waals surface area contributed by atoms with E-state index in [9.17, 15) is 9.59 Å². The van der Waals surface area contributed by atoms with Crippen molar-refractivity contribution in [1.29, 1.82) is 0 Å². The Labute approximate surface area is 186 Å². The number of nitrogens with zero attached hydrogens (tertiary/aromatic N) is 3. The fourth-order valence-electron chi connectivity index (χ4n) is 2.95. The van der Waals surface area contributed by atoms with E-state index in [1.54, 1.807) is 12.1 Å². The van der Waals surface area contributed by atoms with E-state index in [2.05, 4.69) is 53.5 Å². The molecular formula is C21H20BrN5O2S. The van der Waals surface area contributed by atoms with Crippen LogP contribution < -0.4 is 10.6 Å². The second-order valence-electron chi connectivity index (χ2n) is 6.98. The first-order chi connectivity index (χ1) is 14.6. The number of benzene rings is 2. The second-order valence-corrected chi connectivity index (χ2v) is 8.84. The number of thioether (sulfide) groups is 1. The van der Waals surface area contributed by atoms with E-state index in [-0.39, 0.29) is 5.75 Å². The maximum absolute atomic E-state index is 12.2. The molecule has 0 aliphatic heterocycles. The molecule has 1 aliphatic carbocycles. The Kier molecular flexibility index (Phi) is 6.49. The van der Waals surface area contributed by atoms with Crippen molar-refractivity contribution in [2.45, 2.75) is 30.5 Å². The van der Waals surface area contributed by atoms with Crippen molar-refractivity contribution in [1.82, 2.24) is 20.1 Å². The van der Waals surface area contributed by atoms with Crippen LogP contribution in [0.1, 0.15) is 30.1 Å². The first-order valence-corrected chi connectivity index (χ1v) is 11.3. The van der Waals surface area contributed by atoms with Gasteiger partial charge in [-0.15, -0.1) is 10.2 Å². The number of halogens is 1. The Morgan fingerprint density at radius 3 is 2.50 bits per heavy atom. The molecule has 0 bridgehead atoms. The maximum atomic E-state index is 12.2. The predicted molar refractivity (Wildman–Crippen MR) is 120 cm³/mol. The minimum atomic E-state index is -0.563. The summed E-state index contributed by atoms with van der Waals surface area (Å²) in [6.07, 6.45) is 2.24. The Morgan fingerprint density at radius 2 is 1.80 bits per heavy atom. The van der Waals surface area contributed by atoms with Crippen LogP contribution in [0.2, 0.25) is 0 Å². The Morgan fingerprint density at radius 1 is 1.07 bits per heavy atom. The average molecular weight is 486 g/mol. The molecule has 2 N–H and O–H groups in total.